The summed E-state index contributed by atoms with van der Waals surface area (Å²) in [4.78, 5) is 23.3. The monoisotopic (exact) mass is 366 g/mol. The van der Waals surface area contributed by atoms with Crippen LogP contribution in [-0.2, 0) is 4.74 Å². The lowest BCUT2D eigenvalue weighted by Crippen LogP contribution is -2.37. The van der Waals surface area contributed by atoms with Gasteiger partial charge in [-0.05, 0) is 41.6 Å². The highest BCUT2D eigenvalue weighted by Crippen LogP contribution is 2.16. The van der Waals surface area contributed by atoms with E-state index in [1.54, 1.807) is 36.0 Å². The van der Waals surface area contributed by atoms with E-state index in [1.807, 2.05) is 17.0 Å². The predicted octanol–water partition coefficient (Wildman–Crippen LogP) is 0.850. The second kappa shape index (κ2) is 7.46. The van der Waals surface area contributed by atoms with E-state index in [-0.39, 0.29) is 5.91 Å². The highest BCUT2D eigenvalue weighted by Gasteiger charge is 2.16. The van der Waals surface area contributed by atoms with Crippen LogP contribution >= 0.6 is 0 Å². The molecule has 1 aromatic carbocycles. The fourth-order valence-electron chi connectivity index (χ4n) is 2.77. The van der Waals surface area contributed by atoms with Crippen LogP contribution in [0.1, 0.15) is 16.3 Å². The van der Waals surface area contributed by atoms with Gasteiger partial charge in [0, 0.05) is 25.0 Å². The van der Waals surface area contributed by atoms with Crippen molar-refractivity contribution in [3.05, 3.63) is 48.0 Å². The SMILES string of the molecule is Cc1nnnn1-c1cccc(NC(=O)c2ccnc(N3CCOCC3)n2)c1. The third-order valence-electron chi connectivity index (χ3n) is 4.14. The number of nitrogens with zero attached hydrogens (tertiary/aromatic N) is 7. The Morgan fingerprint density at radius 3 is 2.85 bits per heavy atom. The van der Waals surface area contributed by atoms with Gasteiger partial charge in [-0.1, -0.05) is 6.07 Å². The van der Waals surface area contributed by atoms with Gasteiger partial charge >= 0.3 is 0 Å². The maximum Gasteiger partial charge on any atom is 0.274 e. The maximum absolute atomic E-state index is 12.6. The first-order chi connectivity index (χ1) is 13.2. The molecule has 27 heavy (non-hydrogen) atoms. The molecule has 0 atom stereocenters. The van der Waals surface area contributed by atoms with Crippen LogP contribution in [0.5, 0.6) is 0 Å². The highest BCUT2D eigenvalue weighted by atomic mass is 16.5. The lowest BCUT2D eigenvalue weighted by molar-refractivity contribution is 0.102. The molecule has 1 N–H and O–H groups in total. The molecule has 138 valence electrons. The Morgan fingerprint density at radius 2 is 2.07 bits per heavy atom. The highest BCUT2D eigenvalue weighted by molar-refractivity contribution is 6.03. The standard InChI is InChI=1S/C17H18N8O2/c1-12-21-22-23-25(12)14-4-2-3-13(11-14)19-16(26)15-5-6-18-17(20-15)24-7-9-27-10-8-24/h2-6,11H,7-10H2,1H3,(H,19,26). The quantitative estimate of drug-likeness (QED) is 0.723. The van der Waals surface area contributed by atoms with E-state index >= 15 is 0 Å². The van der Waals surface area contributed by atoms with Gasteiger partial charge in [-0.15, -0.1) is 5.10 Å². The van der Waals surface area contributed by atoms with E-state index in [1.165, 1.54) is 0 Å². The molecule has 4 rings (SSSR count). The molecule has 0 unspecified atom stereocenters. The third kappa shape index (κ3) is 3.75. The molecule has 0 saturated carbocycles. The summed E-state index contributed by atoms with van der Waals surface area (Å²) in [5.41, 5.74) is 1.68. The van der Waals surface area contributed by atoms with Crippen LogP contribution in [0, 0.1) is 6.92 Å². The predicted molar refractivity (Wildman–Crippen MR) is 96.9 cm³/mol. The summed E-state index contributed by atoms with van der Waals surface area (Å²) in [6.45, 7) is 4.47. The number of anilines is 2. The molecule has 10 heteroatoms. The smallest absolute Gasteiger partial charge is 0.274 e. The van der Waals surface area contributed by atoms with Crippen molar-refractivity contribution in [1.82, 2.24) is 30.2 Å². The van der Waals surface area contributed by atoms with Gasteiger partial charge in [-0.25, -0.2) is 9.97 Å². The van der Waals surface area contributed by atoms with Crippen molar-refractivity contribution in [2.75, 3.05) is 36.5 Å². The van der Waals surface area contributed by atoms with Gasteiger partial charge in [-0.3, -0.25) is 4.79 Å². The van der Waals surface area contributed by atoms with E-state index in [0.717, 1.165) is 5.69 Å². The lowest BCUT2D eigenvalue weighted by atomic mass is 10.2. The number of aryl methyl sites for hydroxylation is 1. The minimum absolute atomic E-state index is 0.301. The van der Waals surface area contributed by atoms with E-state index < -0.39 is 0 Å². The Kier molecular flexibility index (Phi) is 4.71. The first-order valence-electron chi connectivity index (χ1n) is 8.53. The van der Waals surface area contributed by atoms with Crippen LogP contribution in [0.3, 0.4) is 0 Å². The van der Waals surface area contributed by atoms with Gasteiger partial charge in [0.05, 0.1) is 18.9 Å². The number of carbonyl (C=O) groups is 1. The molecule has 1 saturated heterocycles. The minimum Gasteiger partial charge on any atom is -0.378 e. The Bertz CT molecular complexity index is 951. The Hall–Kier alpha value is -3.40. The van der Waals surface area contributed by atoms with Gasteiger partial charge in [0.1, 0.15) is 5.69 Å². The van der Waals surface area contributed by atoms with E-state index in [4.69, 9.17) is 4.74 Å². The number of rotatable bonds is 4. The van der Waals surface area contributed by atoms with Gasteiger partial charge in [0.2, 0.25) is 5.95 Å². The number of aromatic nitrogens is 6. The Balaban J connectivity index is 1.52. The summed E-state index contributed by atoms with van der Waals surface area (Å²) in [7, 11) is 0. The van der Waals surface area contributed by atoms with Crippen LogP contribution in [0.2, 0.25) is 0 Å². The number of morpholine rings is 1. The molecule has 0 bridgehead atoms. The molecule has 0 aliphatic carbocycles. The van der Waals surface area contributed by atoms with Crippen molar-refractivity contribution >= 4 is 17.5 Å². The molecule has 0 spiro atoms. The normalized spacial score (nSPS) is 14.2. The first-order valence-corrected chi connectivity index (χ1v) is 8.53. The maximum atomic E-state index is 12.6. The zero-order valence-corrected chi connectivity index (χ0v) is 14.7. The number of benzene rings is 1. The summed E-state index contributed by atoms with van der Waals surface area (Å²) in [6.07, 6.45) is 1.59. The summed E-state index contributed by atoms with van der Waals surface area (Å²) in [6, 6.07) is 8.87. The topological polar surface area (TPSA) is 111 Å². The number of hydrogen-bond acceptors (Lipinski definition) is 8. The average Bonchev–Trinajstić information content (AvgIpc) is 3.15. The van der Waals surface area contributed by atoms with Gasteiger partial charge < -0.3 is 15.0 Å². The summed E-state index contributed by atoms with van der Waals surface area (Å²) < 4.78 is 6.93. The van der Waals surface area contributed by atoms with Crippen LogP contribution < -0.4 is 10.2 Å². The Labute approximate surface area is 155 Å². The number of nitrogens with one attached hydrogen (secondary N) is 1. The van der Waals surface area contributed by atoms with E-state index in [0.29, 0.717) is 49.5 Å². The average molecular weight is 366 g/mol. The molecule has 1 amide bonds. The van der Waals surface area contributed by atoms with Crippen molar-refractivity contribution < 1.29 is 9.53 Å². The fraction of sp³-hybridized carbons (Fsp3) is 0.294. The molecule has 1 aliphatic heterocycles. The molecule has 3 heterocycles. The molecule has 1 fully saturated rings. The lowest BCUT2D eigenvalue weighted by Gasteiger charge is -2.26. The molecule has 2 aromatic heterocycles. The number of carbonyl (C=O) groups excluding carboxylic acids is 1. The van der Waals surface area contributed by atoms with Crippen molar-refractivity contribution in [3.63, 3.8) is 0 Å². The Morgan fingerprint density at radius 1 is 1.22 bits per heavy atom. The molecule has 10 nitrogen and oxygen atoms in total. The molecule has 1 aliphatic rings. The summed E-state index contributed by atoms with van der Waals surface area (Å²) in [5.74, 6) is 0.881. The number of ether oxygens (including phenoxy) is 1. The second-order valence-electron chi connectivity index (χ2n) is 5.98. The zero-order valence-electron chi connectivity index (χ0n) is 14.7. The largest absolute Gasteiger partial charge is 0.378 e. The molecular weight excluding hydrogens is 348 g/mol. The first kappa shape index (κ1) is 17.0. The second-order valence-corrected chi connectivity index (χ2v) is 5.98. The van der Waals surface area contributed by atoms with Gasteiger partial charge in [-0.2, -0.15) is 4.68 Å². The molecular formula is C17H18N8O2. The third-order valence-corrected chi connectivity index (χ3v) is 4.14. The van der Waals surface area contributed by atoms with E-state index in [9.17, 15) is 4.79 Å². The number of amides is 1. The van der Waals surface area contributed by atoms with Crippen LogP contribution in [0.4, 0.5) is 11.6 Å². The molecule has 0 radical (unpaired) electrons. The van der Waals surface area contributed by atoms with Crippen LogP contribution in [0.15, 0.2) is 36.5 Å². The zero-order chi connectivity index (χ0) is 18.6. The van der Waals surface area contributed by atoms with Gasteiger partial charge in [0.25, 0.3) is 5.91 Å². The molecule has 3 aromatic rings. The number of hydrogen-bond donors (Lipinski definition) is 1. The van der Waals surface area contributed by atoms with Crippen LogP contribution in [0.25, 0.3) is 5.69 Å². The number of tetrazole rings is 1. The van der Waals surface area contributed by atoms with Crippen molar-refractivity contribution in [2.45, 2.75) is 6.92 Å². The summed E-state index contributed by atoms with van der Waals surface area (Å²) >= 11 is 0. The van der Waals surface area contributed by atoms with Crippen LogP contribution in [-0.4, -0.2) is 62.4 Å². The van der Waals surface area contributed by atoms with Crippen molar-refractivity contribution in [2.24, 2.45) is 0 Å². The van der Waals surface area contributed by atoms with Crippen molar-refractivity contribution in [3.8, 4) is 5.69 Å². The van der Waals surface area contributed by atoms with Crippen molar-refractivity contribution in [1.29, 1.82) is 0 Å². The van der Waals surface area contributed by atoms with E-state index in [2.05, 4.69) is 30.8 Å². The summed E-state index contributed by atoms with van der Waals surface area (Å²) in [5, 5.41) is 14.3. The fourth-order valence-corrected chi connectivity index (χ4v) is 2.77. The van der Waals surface area contributed by atoms with Gasteiger partial charge in [0.15, 0.2) is 5.82 Å². The minimum atomic E-state index is -0.308.